The Bertz CT molecular complexity index is 1370. The van der Waals surface area contributed by atoms with Crippen LogP contribution in [0.15, 0.2) is 36.4 Å². The van der Waals surface area contributed by atoms with E-state index >= 15 is 0 Å². The first-order valence-corrected chi connectivity index (χ1v) is 11.3. The minimum atomic E-state index is -0.294. The van der Waals surface area contributed by atoms with E-state index in [0.717, 1.165) is 35.4 Å². The molecule has 2 aromatic heterocycles. The summed E-state index contributed by atoms with van der Waals surface area (Å²) in [6.07, 6.45) is 0. The van der Waals surface area contributed by atoms with Crippen LogP contribution in [0, 0.1) is 6.92 Å². The largest absolute Gasteiger partial charge is 0.494 e. The van der Waals surface area contributed by atoms with Crippen molar-refractivity contribution < 1.29 is 19.7 Å². The van der Waals surface area contributed by atoms with Gasteiger partial charge in [-0.3, -0.25) is 9.78 Å². The van der Waals surface area contributed by atoms with Gasteiger partial charge in [0.25, 0.3) is 0 Å². The normalized spacial score (nSPS) is 14.0. The number of ketones is 1. The monoisotopic (exact) mass is 481 g/mol. The van der Waals surface area contributed by atoms with Gasteiger partial charge in [0.2, 0.25) is 11.8 Å². The van der Waals surface area contributed by atoms with Crippen molar-refractivity contribution in [3.8, 4) is 23.1 Å². The Morgan fingerprint density at radius 3 is 2.74 bits per heavy atom. The summed E-state index contributed by atoms with van der Waals surface area (Å²) >= 11 is 5.98. The summed E-state index contributed by atoms with van der Waals surface area (Å²) in [5.41, 5.74) is 4.47. The van der Waals surface area contributed by atoms with E-state index in [1.165, 1.54) is 0 Å². The molecule has 0 bridgehead atoms. The Hall–Kier alpha value is -3.69. The Labute approximate surface area is 200 Å². The third kappa shape index (κ3) is 4.15. The summed E-state index contributed by atoms with van der Waals surface area (Å²) in [5, 5.41) is 24.3. The average Bonchev–Trinajstić information content (AvgIpc) is 3.37. The number of aromatic nitrogens is 3. The van der Waals surface area contributed by atoms with Gasteiger partial charge in [-0.15, -0.1) is 0 Å². The van der Waals surface area contributed by atoms with Gasteiger partial charge in [-0.25, -0.2) is 4.98 Å². The minimum Gasteiger partial charge on any atom is -0.494 e. The SMILES string of the molecule is Cc1cc(N2CCOCC2)cc2[nH]c(-c3c(O)[nH]c(O)c3NCC(=O)c3cccc(Cl)c3)nc12. The number of hydrogen-bond acceptors (Lipinski definition) is 7. The lowest BCUT2D eigenvalue weighted by Gasteiger charge is -2.29. The average molecular weight is 482 g/mol. The number of hydrogen-bond donors (Lipinski definition) is 5. The van der Waals surface area contributed by atoms with Crippen LogP contribution in [0.1, 0.15) is 15.9 Å². The molecule has 1 fully saturated rings. The summed E-state index contributed by atoms with van der Waals surface area (Å²) in [6, 6.07) is 10.7. The molecule has 3 heterocycles. The smallest absolute Gasteiger partial charge is 0.216 e. The number of fused-ring (bicyclic) bond motifs is 1. The van der Waals surface area contributed by atoms with E-state index < -0.39 is 0 Å². The second kappa shape index (κ2) is 8.92. The molecule has 1 saturated heterocycles. The highest BCUT2D eigenvalue weighted by atomic mass is 35.5. The first kappa shape index (κ1) is 22.1. The molecule has 176 valence electrons. The van der Waals surface area contributed by atoms with Crippen molar-refractivity contribution in [2.24, 2.45) is 0 Å². The quantitative estimate of drug-likeness (QED) is 0.263. The van der Waals surface area contributed by atoms with Crippen molar-refractivity contribution in [3.63, 3.8) is 0 Å². The van der Waals surface area contributed by atoms with E-state index in [1.807, 2.05) is 13.0 Å². The minimum absolute atomic E-state index is 0.112. The van der Waals surface area contributed by atoms with Gasteiger partial charge in [0.05, 0.1) is 30.8 Å². The van der Waals surface area contributed by atoms with Crippen molar-refractivity contribution in [2.45, 2.75) is 6.92 Å². The number of carbonyl (C=O) groups is 1. The van der Waals surface area contributed by atoms with Crippen molar-refractivity contribution in [1.82, 2.24) is 15.0 Å². The highest BCUT2D eigenvalue weighted by Crippen LogP contribution is 2.42. The third-order valence-corrected chi connectivity index (χ3v) is 6.14. The highest BCUT2D eigenvalue weighted by Gasteiger charge is 2.23. The zero-order valence-electron chi connectivity index (χ0n) is 18.5. The summed E-state index contributed by atoms with van der Waals surface area (Å²) in [6.45, 7) is 4.86. The number of nitrogens with one attached hydrogen (secondary N) is 3. The van der Waals surface area contributed by atoms with Crippen molar-refractivity contribution in [2.75, 3.05) is 43.1 Å². The number of rotatable bonds is 6. The first-order valence-electron chi connectivity index (χ1n) is 10.9. The Balaban J connectivity index is 1.46. The number of carbonyl (C=O) groups excluding carboxylic acids is 1. The highest BCUT2D eigenvalue weighted by molar-refractivity contribution is 6.31. The molecule has 0 saturated carbocycles. The van der Waals surface area contributed by atoms with Gasteiger partial charge in [0.15, 0.2) is 5.78 Å². The van der Waals surface area contributed by atoms with Gasteiger partial charge < -0.3 is 30.2 Å². The van der Waals surface area contributed by atoms with E-state index in [9.17, 15) is 15.0 Å². The number of H-pyrrole nitrogens is 2. The van der Waals surface area contributed by atoms with E-state index in [1.54, 1.807) is 24.3 Å². The maximum absolute atomic E-state index is 12.6. The number of anilines is 2. The lowest BCUT2D eigenvalue weighted by molar-refractivity contribution is 0.101. The van der Waals surface area contributed by atoms with Crippen LogP contribution in [0.5, 0.6) is 11.8 Å². The standard InChI is InChI=1S/C24H24ClN5O4/c1-13-9-16(30-5-7-34-8-6-30)11-17-20(13)28-22(27-17)19-21(24(33)29-23(19)32)26-12-18(31)14-3-2-4-15(25)10-14/h2-4,9-11,26,29,32-33H,5-8,12H2,1H3,(H,27,28). The third-order valence-electron chi connectivity index (χ3n) is 5.91. The molecule has 5 N–H and O–H groups in total. The summed E-state index contributed by atoms with van der Waals surface area (Å²) < 4.78 is 5.45. The molecule has 10 heteroatoms. The molecule has 0 spiro atoms. The number of aromatic hydroxyl groups is 2. The number of aryl methyl sites for hydroxylation is 1. The molecule has 5 rings (SSSR count). The summed E-state index contributed by atoms with van der Waals surface area (Å²) in [4.78, 5) is 25.3. The van der Waals surface area contributed by atoms with Crippen molar-refractivity contribution in [3.05, 3.63) is 52.5 Å². The first-order chi connectivity index (χ1) is 16.4. The van der Waals surface area contributed by atoms with Crippen LogP contribution in [0.2, 0.25) is 5.02 Å². The molecule has 0 aliphatic carbocycles. The molecule has 0 amide bonds. The molecule has 34 heavy (non-hydrogen) atoms. The molecule has 0 unspecified atom stereocenters. The fraction of sp³-hybridized carbons (Fsp3) is 0.250. The van der Waals surface area contributed by atoms with Gasteiger partial charge in [-0.2, -0.15) is 0 Å². The molecule has 0 atom stereocenters. The zero-order chi connectivity index (χ0) is 23.8. The van der Waals surface area contributed by atoms with Crippen LogP contribution in [-0.2, 0) is 4.74 Å². The topological polar surface area (TPSA) is 127 Å². The number of morpholine rings is 1. The Morgan fingerprint density at radius 2 is 1.97 bits per heavy atom. The molecule has 9 nitrogen and oxygen atoms in total. The van der Waals surface area contributed by atoms with Gasteiger partial charge in [0.1, 0.15) is 17.1 Å². The lowest BCUT2D eigenvalue weighted by atomic mass is 10.1. The Kier molecular flexibility index (Phi) is 5.80. The van der Waals surface area contributed by atoms with Crippen LogP contribution in [0.25, 0.3) is 22.4 Å². The van der Waals surface area contributed by atoms with Crippen molar-refractivity contribution >= 4 is 39.8 Å². The van der Waals surface area contributed by atoms with Crippen LogP contribution < -0.4 is 10.2 Å². The molecule has 0 radical (unpaired) electrons. The molecular weight excluding hydrogens is 458 g/mol. The number of ether oxygens (including phenoxy) is 1. The molecule has 1 aliphatic heterocycles. The number of nitrogens with zero attached hydrogens (tertiary/aromatic N) is 2. The van der Waals surface area contributed by atoms with Crippen LogP contribution in [0.4, 0.5) is 11.4 Å². The van der Waals surface area contributed by atoms with Crippen LogP contribution in [0.3, 0.4) is 0 Å². The molecular formula is C24H24ClN5O4. The summed E-state index contributed by atoms with van der Waals surface area (Å²) in [7, 11) is 0. The number of aromatic amines is 2. The Morgan fingerprint density at radius 1 is 1.18 bits per heavy atom. The number of halogens is 1. The van der Waals surface area contributed by atoms with E-state index in [4.69, 9.17) is 16.3 Å². The van der Waals surface area contributed by atoms with Gasteiger partial charge >= 0.3 is 0 Å². The van der Waals surface area contributed by atoms with Crippen molar-refractivity contribution in [1.29, 1.82) is 0 Å². The second-order valence-electron chi connectivity index (χ2n) is 8.20. The van der Waals surface area contributed by atoms with Gasteiger partial charge in [-0.1, -0.05) is 23.7 Å². The zero-order valence-corrected chi connectivity index (χ0v) is 19.2. The maximum Gasteiger partial charge on any atom is 0.216 e. The fourth-order valence-corrected chi connectivity index (χ4v) is 4.39. The maximum atomic E-state index is 12.6. The molecule has 1 aliphatic rings. The second-order valence-corrected chi connectivity index (χ2v) is 8.64. The predicted molar refractivity (Wildman–Crippen MR) is 131 cm³/mol. The van der Waals surface area contributed by atoms with Crippen LogP contribution in [-0.4, -0.2) is 63.8 Å². The lowest BCUT2D eigenvalue weighted by Crippen LogP contribution is -2.36. The van der Waals surface area contributed by atoms with E-state index in [-0.39, 0.29) is 35.3 Å². The number of Topliss-reactive ketones (excluding diaryl/α,β-unsaturated/α-hetero) is 1. The van der Waals surface area contributed by atoms with Gasteiger partial charge in [0, 0.05) is 29.4 Å². The van der Waals surface area contributed by atoms with Gasteiger partial charge in [-0.05, 0) is 36.8 Å². The van der Waals surface area contributed by atoms with Crippen LogP contribution >= 0.6 is 11.6 Å². The fourth-order valence-electron chi connectivity index (χ4n) is 4.20. The van der Waals surface area contributed by atoms with E-state index in [0.29, 0.717) is 29.6 Å². The molecule has 4 aromatic rings. The molecule has 2 aromatic carbocycles. The summed E-state index contributed by atoms with van der Waals surface area (Å²) in [5.74, 6) is -0.411. The predicted octanol–water partition coefficient (Wildman–Crippen LogP) is 4.06. The number of imidazole rings is 1. The van der Waals surface area contributed by atoms with E-state index in [2.05, 4.69) is 31.2 Å². The number of benzene rings is 2.